The molecular formula is C24H28F3N5O4. The van der Waals surface area contributed by atoms with E-state index in [-0.39, 0.29) is 42.4 Å². The van der Waals surface area contributed by atoms with Gasteiger partial charge in [-0.15, -0.1) is 0 Å². The van der Waals surface area contributed by atoms with Crippen LogP contribution in [-0.4, -0.2) is 77.1 Å². The molecule has 3 amide bonds. The number of nitrogens with zero attached hydrogens (tertiary/aromatic N) is 4. The zero-order valence-corrected chi connectivity index (χ0v) is 20.3. The van der Waals surface area contributed by atoms with Gasteiger partial charge in [-0.25, -0.2) is 4.68 Å². The van der Waals surface area contributed by atoms with Crippen LogP contribution < -0.4 is 10.1 Å². The van der Waals surface area contributed by atoms with Crippen LogP contribution >= 0.6 is 0 Å². The summed E-state index contributed by atoms with van der Waals surface area (Å²) in [5.74, 6) is -0.985. The minimum Gasteiger partial charge on any atom is -0.497 e. The van der Waals surface area contributed by atoms with Crippen molar-refractivity contribution >= 4 is 17.7 Å². The Balaban J connectivity index is 1.62. The first-order chi connectivity index (χ1) is 17.0. The number of benzene rings is 1. The number of amides is 3. The predicted octanol–water partition coefficient (Wildman–Crippen LogP) is 2.42. The van der Waals surface area contributed by atoms with Crippen molar-refractivity contribution in [1.82, 2.24) is 24.9 Å². The van der Waals surface area contributed by atoms with Crippen LogP contribution in [0.15, 0.2) is 24.3 Å². The van der Waals surface area contributed by atoms with Crippen molar-refractivity contribution in [2.75, 3.05) is 34.3 Å². The highest BCUT2D eigenvalue weighted by atomic mass is 19.4. The van der Waals surface area contributed by atoms with Crippen LogP contribution in [0.4, 0.5) is 13.2 Å². The number of methoxy groups -OCH3 is 1. The molecule has 1 saturated carbocycles. The molecule has 0 bridgehead atoms. The highest BCUT2D eigenvalue weighted by Crippen LogP contribution is 2.36. The van der Waals surface area contributed by atoms with E-state index in [2.05, 4.69) is 10.4 Å². The van der Waals surface area contributed by atoms with E-state index in [9.17, 15) is 27.6 Å². The largest absolute Gasteiger partial charge is 0.497 e. The maximum Gasteiger partial charge on any atom is 0.435 e. The summed E-state index contributed by atoms with van der Waals surface area (Å²) in [5, 5.41) is 6.56. The minimum absolute atomic E-state index is 0.0781. The second-order valence-corrected chi connectivity index (χ2v) is 9.30. The van der Waals surface area contributed by atoms with E-state index in [4.69, 9.17) is 4.74 Å². The summed E-state index contributed by atoms with van der Waals surface area (Å²) < 4.78 is 47.3. The molecule has 2 heterocycles. The van der Waals surface area contributed by atoms with Crippen molar-refractivity contribution in [3.63, 3.8) is 0 Å². The van der Waals surface area contributed by atoms with Crippen LogP contribution in [0, 0.1) is 0 Å². The van der Waals surface area contributed by atoms with Crippen LogP contribution in [0.5, 0.6) is 5.75 Å². The van der Waals surface area contributed by atoms with E-state index >= 15 is 0 Å². The second kappa shape index (κ2) is 9.47. The van der Waals surface area contributed by atoms with Crippen molar-refractivity contribution in [2.45, 2.75) is 43.8 Å². The molecule has 9 nitrogen and oxygen atoms in total. The summed E-state index contributed by atoms with van der Waals surface area (Å²) in [7, 11) is 4.69. The second-order valence-electron chi connectivity index (χ2n) is 9.30. The number of hydrogen-bond donors (Lipinski definition) is 1. The number of fused-ring (bicyclic) bond motifs is 1. The van der Waals surface area contributed by atoms with Crippen molar-refractivity contribution in [3.8, 4) is 11.4 Å². The molecule has 1 aliphatic carbocycles. The van der Waals surface area contributed by atoms with Crippen LogP contribution in [0.2, 0.25) is 0 Å². The molecule has 0 saturated heterocycles. The van der Waals surface area contributed by atoms with Gasteiger partial charge in [0.25, 0.3) is 5.91 Å². The molecule has 0 radical (unpaired) electrons. The predicted molar refractivity (Wildman–Crippen MR) is 123 cm³/mol. The Bertz CT molecular complexity index is 1170. The molecule has 1 N–H and O–H groups in total. The first-order valence-electron chi connectivity index (χ1n) is 11.6. The third-order valence-electron chi connectivity index (χ3n) is 6.68. The van der Waals surface area contributed by atoms with E-state index < -0.39 is 29.2 Å². The number of carbonyl (C=O) groups excluding carboxylic acids is 3. The monoisotopic (exact) mass is 507 g/mol. The van der Waals surface area contributed by atoms with Gasteiger partial charge in [0.1, 0.15) is 17.0 Å². The molecule has 0 unspecified atom stereocenters. The van der Waals surface area contributed by atoms with Crippen LogP contribution in [-0.2, 0) is 22.2 Å². The molecule has 2 aromatic rings. The molecule has 1 fully saturated rings. The maximum atomic E-state index is 13.7. The molecule has 12 heteroatoms. The van der Waals surface area contributed by atoms with Crippen LogP contribution in [0.1, 0.15) is 47.4 Å². The van der Waals surface area contributed by atoms with Crippen LogP contribution in [0.25, 0.3) is 5.69 Å². The van der Waals surface area contributed by atoms with Gasteiger partial charge in [-0.1, -0.05) is 12.8 Å². The number of aromatic nitrogens is 2. The molecule has 0 spiro atoms. The number of rotatable bonds is 6. The molecule has 4 rings (SSSR count). The number of carbonyl (C=O) groups is 3. The number of hydrogen-bond acceptors (Lipinski definition) is 5. The van der Waals surface area contributed by atoms with E-state index in [1.54, 1.807) is 26.2 Å². The van der Waals surface area contributed by atoms with Gasteiger partial charge in [0.15, 0.2) is 5.69 Å². The molecule has 2 aliphatic rings. The number of likely N-dealkylation sites (N-methyl/N-ethyl adjacent to an activating group) is 1. The van der Waals surface area contributed by atoms with Gasteiger partial charge in [0.05, 0.1) is 19.3 Å². The fraction of sp³-hybridized carbons (Fsp3) is 0.500. The number of ether oxygens (including phenoxy) is 1. The Morgan fingerprint density at radius 1 is 1.17 bits per heavy atom. The fourth-order valence-electron chi connectivity index (χ4n) is 4.97. The summed E-state index contributed by atoms with van der Waals surface area (Å²) in [5.41, 5.74) is -2.32. The quantitative estimate of drug-likeness (QED) is 0.648. The minimum atomic E-state index is -4.75. The van der Waals surface area contributed by atoms with Gasteiger partial charge in [0.2, 0.25) is 11.8 Å². The summed E-state index contributed by atoms with van der Waals surface area (Å²) in [6.45, 7) is -0.457. The highest BCUT2D eigenvalue weighted by molar-refractivity contribution is 5.99. The van der Waals surface area contributed by atoms with Gasteiger partial charge in [-0.3, -0.25) is 14.4 Å². The molecule has 1 aromatic carbocycles. The average molecular weight is 508 g/mol. The number of alkyl halides is 3. The number of halogens is 3. The van der Waals surface area contributed by atoms with Crippen molar-refractivity contribution < 1.29 is 32.3 Å². The third-order valence-corrected chi connectivity index (χ3v) is 6.68. The van der Waals surface area contributed by atoms with E-state index in [0.717, 1.165) is 17.5 Å². The first-order valence-corrected chi connectivity index (χ1v) is 11.6. The fourth-order valence-corrected chi connectivity index (χ4v) is 4.97. The topological polar surface area (TPSA) is 96.8 Å². The van der Waals surface area contributed by atoms with E-state index in [1.165, 1.54) is 29.0 Å². The Hall–Kier alpha value is -3.57. The van der Waals surface area contributed by atoms with Gasteiger partial charge >= 0.3 is 6.18 Å². The van der Waals surface area contributed by atoms with Crippen molar-refractivity contribution in [3.05, 3.63) is 41.2 Å². The summed E-state index contributed by atoms with van der Waals surface area (Å²) in [6, 6.07) is 6.11. The van der Waals surface area contributed by atoms with E-state index in [1.807, 2.05) is 0 Å². The van der Waals surface area contributed by atoms with Gasteiger partial charge < -0.3 is 19.9 Å². The lowest BCUT2D eigenvalue weighted by Gasteiger charge is -2.33. The molecule has 1 aromatic heterocycles. The maximum absolute atomic E-state index is 13.7. The SMILES string of the molecule is COc1ccc(-n2nc(C(F)(F)F)c3c2C(=O)N(CC(=O)NC2(C(=O)N(C)C)CCCC2)CC3)cc1. The molecule has 0 atom stereocenters. The van der Waals surface area contributed by atoms with Crippen molar-refractivity contribution in [1.29, 1.82) is 0 Å². The van der Waals surface area contributed by atoms with Gasteiger partial charge in [0, 0.05) is 26.2 Å². The van der Waals surface area contributed by atoms with Crippen LogP contribution in [0.3, 0.4) is 0 Å². The lowest BCUT2D eigenvalue weighted by atomic mass is 9.95. The Labute approximate surface area is 206 Å². The first kappa shape index (κ1) is 25.5. The standard InChI is InChI=1S/C24H28F3N5O4/c1-30(2)22(35)23(11-4-5-12-23)28-18(33)14-31-13-10-17-19(21(31)34)32(29-20(17)24(25,26)27)15-6-8-16(36-3)9-7-15/h6-9H,4-5,10-14H2,1-3H3,(H,28,33). The smallest absolute Gasteiger partial charge is 0.435 e. The average Bonchev–Trinajstić information content (AvgIpc) is 3.46. The molecule has 36 heavy (non-hydrogen) atoms. The molecular weight excluding hydrogens is 479 g/mol. The third kappa shape index (κ3) is 4.63. The lowest BCUT2D eigenvalue weighted by molar-refractivity contribution is -0.142. The van der Waals surface area contributed by atoms with Gasteiger partial charge in [-0.2, -0.15) is 18.3 Å². The normalized spacial score (nSPS) is 17.1. The zero-order chi connectivity index (χ0) is 26.3. The summed E-state index contributed by atoms with van der Waals surface area (Å²) in [6.07, 6.45) is -2.30. The van der Waals surface area contributed by atoms with Gasteiger partial charge in [-0.05, 0) is 43.5 Å². The molecule has 1 aliphatic heterocycles. The lowest BCUT2D eigenvalue weighted by Crippen LogP contribution is -2.58. The molecule has 194 valence electrons. The Kier molecular flexibility index (Phi) is 6.72. The Morgan fingerprint density at radius 2 is 1.81 bits per heavy atom. The zero-order valence-electron chi connectivity index (χ0n) is 20.3. The van der Waals surface area contributed by atoms with Crippen molar-refractivity contribution in [2.24, 2.45) is 0 Å². The highest BCUT2D eigenvalue weighted by Gasteiger charge is 2.45. The number of nitrogens with one attached hydrogen (secondary N) is 1. The summed E-state index contributed by atoms with van der Waals surface area (Å²) >= 11 is 0. The summed E-state index contributed by atoms with van der Waals surface area (Å²) in [4.78, 5) is 41.7. The Morgan fingerprint density at radius 3 is 2.36 bits per heavy atom. The van der Waals surface area contributed by atoms with E-state index in [0.29, 0.717) is 18.6 Å².